The molecule has 0 saturated heterocycles. The molecule has 0 radical (unpaired) electrons. The van der Waals surface area contributed by atoms with Gasteiger partial charge < -0.3 is 4.74 Å². The minimum atomic E-state index is -0.605. The molecule has 5 nitrogen and oxygen atoms in total. The molecule has 0 aliphatic heterocycles. The number of hydrogen-bond acceptors (Lipinski definition) is 4. The minimum absolute atomic E-state index is 0.0220. The summed E-state index contributed by atoms with van der Waals surface area (Å²) in [5, 5.41) is 5.27. The third-order valence-corrected chi connectivity index (χ3v) is 2.66. The normalized spacial score (nSPS) is 10.8. The average Bonchev–Trinajstić information content (AvgIpc) is 2.64. The van der Waals surface area contributed by atoms with Crippen molar-refractivity contribution in [3.63, 3.8) is 0 Å². The van der Waals surface area contributed by atoms with Gasteiger partial charge in [0.25, 0.3) is 0 Å². The van der Waals surface area contributed by atoms with Gasteiger partial charge in [-0.15, -0.1) is 11.3 Å². The summed E-state index contributed by atoms with van der Waals surface area (Å²) in [4.78, 5) is 14.9. The Balaban J connectivity index is 2.97. The van der Waals surface area contributed by atoms with Crippen molar-refractivity contribution in [3.8, 4) is 0 Å². The first kappa shape index (κ1) is 12.3. The van der Waals surface area contributed by atoms with E-state index in [0.29, 0.717) is 0 Å². The highest BCUT2D eigenvalue weighted by atomic mass is 32.1. The van der Waals surface area contributed by atoms with Crippen LogP contribution in [0, 0.1) is 6.92 Å². The molecule has 16 heavy (non-hydrogen) atoms. The van der Waals surface area contributed by atoms with Crippen LogP contribution in [0.3, 0.4) is 0 Å². The van der Waals surface area contributed by atoms with E-state index in [1.807, 2.05) is 18.4 Å². The van der Waals surface area contributed by atoms with Crippen LogP contribution >= 0.6 is 11.3 Å². The van der Waals surface area contributed by atoms with Crippen LogP contribution in [-0.2, 0) is 9.53 Å². The molecule has 0 saturated carbocycles. The first-order chi connectivity index (χ1) is 7.67. The number of carbonyl (C=O) groups is 1. The predicted octanol–water partition coefficient (Wildman–Crippen LogP) is 3.27. The van der Waals surface area contributed by atoms with Crippen LogP contribution in [0.2, 0.25) is 0 Å². The zero-order valence-corrected chi connectivity index (χ0v) is 9.82. The molecule has 1 rings (SSSR count). The Morgan fingerprint density at radius 1 is 1.75 bits per heavy atom. The maximum absolute atomic E-state index is 11.4. The molecule has 1 aromatic rings. The van der Waals surface area contributed by atoms with Gasteiger partial charge in [-0.2, -0.15) is 0 Å². The summed E-state index contributed by atoms with van der Waals surface area (Å²) in [6.45, 7) is 3.90. The van der Waals surface area contributed by atoms with Crippen molar-refractivity contribution in [2.75, 3.05) is 6.61 Å². The van der Waals surface area contributed by atoms with Crippen molar-refractivity contribution in [2.24, 2.45) is 5.11 Å². The van der Waals surface area contributed by atoms with E-state index in [1.54, 1.807) is 6.92 Å². The minimum Gasteiger partial charge on any atom is -0.462 e. The van der Waals surface area contributed by atoms with E-state index in [0.717, 1.165) is 10.4 Å². The topological polar surface area (TPSA) is 75.1 Å². The summed E-state index contributed by atoms with van der Waals surface area (Å²) in [5.41, 5.74) is 9.43. The molecule has 0 aliphatic rings. The fourth-order valence-electron chi connectivity index (χ4n) is 1.05. The second kappa shape index (κ2) is 5.95. The lowest BCUT2D eigenvalue weighted by atomic mass is 10.3. The van der Waals surface area contributed by atoms with Gasteiger partial charge in [-0.25, -0.2) is 4.79 Å². The van der Waals surface area contributed by atoms with Crippen molar-refractivity contribution >= 4 is 23.4 Å². The van der Waals surface area contributed by atoms with Crippen LogP contribution in [0.4, 0.5) is 0 Å². The van der Waals surface area contributed by atoms with Crippen LogP contribution in [0.15, 0.2) is 22.3 Å². The van der Waals surface area contributed by atoms with Gasteiger partial charge in [0.15, 0.2) is 0 Å². The lowest BCUT2D eigenvalue weighted by Gasteiger charge is -1.99. The molecule has 0 bridgehead atoms. The fourth-order valence-corrected chi connectivity index (χ4v) is 1.87. The van der Waals surface area contributed by atoms with Gasteiger partial charge in [0, 0.05) is 9.79 Å². The fraction of sp³-hybridized carbons (Fsp3) is 0.300. The second-order valence-electron chi connectivity index (χ2n) is 2.97. The van der Waals surface area contributed by atoms with Crippen LogP contribution < -0.4 is 0 Å². The van der Waals surface area contributed by atoms with Gasteiger partial charge in [0.05, 0.1) is 6.61 Å². The summed E-state index contributed by atoms with van der Waals surface area (Å²) in [5.74, 6) is -0.605. The smallest absolute Gasteiger partial charge is 0.340 e. The zero-order valence-electron chi connectivity index (χ0n) is 9.01. The summed E-state index contributed by atoms with van der Waals surface area (Å²) in [6, 6.07) is 1.90. The highest BCUT2D eigenvalue weighted by Crippen LogP contribution is 2.18. The van der Waals surface area contributed by atoms with Gasteiger partial charge in [-0.05, 0) is 42.5 Å². The van der Waals surface area contributed by atoms with Crippen molar-refractivity contribution in [3.05, 3.63) is 38.0 Å². The van der Waals surface area contributed by atoms with Crippen LogP contribution in [0.5, 0.6) is 0 Å². The van der Waals surface area contributed by atoms with Gasteiger partial charge in [-0.1, -0.05) is 5.11 Å². The Labute approximate surface area is 97.0 Å². The molecular weight excluding hydrogens is 226 g/mol. The number of carbonyl (C=O) groups excluding carboxylic acids is 1. The summed E-state index contributed by atoms with van der Waals surface area (Å²) in [6.07, 6.45) is 1.52. The molecule has 0 amide bonds. The average molecular weight is 237 g/mol. The van der Waals surface area contributed by atoms with Crippen LogP contribution in [0.25, 0.3) is 16.5 Å². The molecule has 0 atom stereocenters. The van der Waals surface area contributed by atoms with Gasteiger partial charge in [-0.3, -0.25) is 0 Å². The standard InChI is InChI=1S/C10H11N3O2S/c1-3-15-10(14)9(12-13-11)5-8-4-7(2)6-16-8/h4-6H,3H2,1-2H3/b9-5-. The highest BCUT2D eigenvalue weighted by molar-refractivity contribution is 7.11. The lowest BCUT2D eigenvalue weighted by Crippen LogP contribution is -2.05. The Morgan fingerprint density at radius 2 is 2.50 bits per heavy atom. The quantitative estimate of drug-likeness (QED) is 0.265. The summed E-state index contributed by atoms with van der Waals surface area (Å²) in [7, 11) is 0. The number of esters is 1. The van der Waals surface area contributed by atoms with Crippen molar-refractivity contribution in [1.29, 1.82) is 0 Å². The number of rotatable bonds is 4. The molecule has 1 heterocycles. The monoisotopic (exact) mass is 237 g/mol. The van der Waals surface area contributed by atoms with Crippen molar-refractivity contribution < 1.29 is 9.53 Å². The second-order valence-corrected chi connectivity index (χ2v) is 3.91. The van der Waals surface area contributed by atoms with E-state index in [2.05, 4.69) is 10.0 Å². The molecule has 0 aliphatic carbocycles. The molecular formula is C10H11N3O2S. The third kappa shape index (κ3) is 3.42. The number of hydrogen-bond donors (Lipinski definition) is 0. The first-order valence-electron chi connectivity index (χ1n) is 4.66. The molecule has 0 fully saturated rings. The molecule has 0 aromatic carbocycles. The molecule has 1 aromatic heterocycles. The Kier molecular flexibility index (Phi) is 4.57. The number of thiophene rings is 1. The van der Waals surface area contributed by atoms with E-state index < -0.39 is 5.97 Å². The maximum Gasteiger partial charge on any atom is 0.340 e. The maximum atomic E-state index is 11.4. The Bertz CT molecular complexity index is 458. The molecule has 0 N–H and O–H groups in total. The number of aryl methyl sites for hydroxylation is 1. The number of azide groups is 1. The SMILES string of the molecule is CCOC(=O)/C(=C/c1cc(C)cs1)N=[N+]=[N-]. The number of ether oxygens (including phenoxy) is 1. The van der Waals surface area contributed by atoms with Crippen LogP contribution in [-0.4, -0.2) is 12.6 Å². The Morgan fingerprint density at radius 3 is 3.00 bits per heavy atom. The summed E-state index contributed by atoms with van der Waals surface area (Å²) < 4.78 is 4.77. The zero-order chi connectivity index (χ0) is 12.0. The first-order valence-corrected chi connectivity index (χ1v) is 5.54. The highest BCUT2D eigenvalue weighted by Gasteiger charge is 2.08. The van der Waals surface area contributed by atoms with Crippen molar-refractivity contribution in [1.82, 2.24) is 0 Å². The van der Waals surface area contributed by atoms with E-state index in [9.17, 15) is 4.79 Å². The van der Waals surface area contributed by atoms with E-state index in [4.69, 9.17) is 10.3 Å². The number of nitrogens with zero attached hydrogens (tertiary/aromatic N) is 3. The van der Waals surface area contributed by atoms with E-state index in [-0.39, 0.29) is 12.3 Å². The van der Waals surface area contributed by atoms with E-state index in [1.165, 1.54) is 17.4 Å². The van der Waals surface area contributed by atoms with Gasteiger partial charge in [0.2, 0.25) is 0 Å². The predicted molar refractivity (Wildman–Crippen MR) is 62.8 cm³/mol. The lowest BCUT2D eigenvalue weighted by molar-refractivity contribution is -0.138. The molecule has 84 valence electrons. The van der Waals surface area contributed by atoms with Crippen molar-refractivity contribution in [2.45, 2.75) is 13.8 Å². The van der Waals surface area contributed by atoms with Gasteiger partial charge in [0.1, 0.15) is 5.70 Å². The molecule has 6 heteroatoms. The van der Waals surface area contributed by atoms with Crippen LogP contribution in [0.1, 0.15) is 17.4 Å². The molecule has 0 spiro atoms. The third-order valence-electron chi connectivity index (χ3n) is 1.67. The largest absolute Gasteiger partial charge is 0.462 e. The summed E-state index contributed by atoms with van der Waals surface area (Å²) >= 11 is 1.47. The van der Waals surface area contributed by atoms with Gasteiger partial charge >= 0.3 is 5.97 Å². The van der Waals surface area contributed by atoms with E-state index >= 15 is 0 Å². The molecule has 0 unspecified atom stereocenters. The Hall–Kier alpha value is -1.78.